The van der Waals surface area contributed by atoms with Crippen molar-refractivity contribution in [1.82, 2.24) is 5.32 Å². The zero-order chi connectivity index (χ0) is 18.3. The van der Waals surface area contributed by atoms with Gasteiger partial charge < -0.3 is 15.5 Å². The van der Waals surface area contributed by atoms with Crippen LogP contribution in [0.1, 0.15) is 26.3 Å². The molecule has 0 aromatic heterocycles. The van der Waals surface area contributed by atoms with Crippen LogP contribution in [0.25, 0.3) is 6.08 Å². The molecule has 3 nitrogen and oxygen atoms in total. The Hall–Kier alpha value is -2.04. The van der Waals surface area contributed by atoms with Crippen molar-refractivity contribution in [3.05, 3.63) is 64.2 Å². The van der Waals surface area contributed by atoms with Crippen LogP contribution in [0.4, 0.5) is 0 Å². The zero-order valence-corrected chi connectivity index (χ0v) is 15.6. The highest BCUT2D eigenvalue weighted by Crippen LogP contribution is 2.35. The third-order valence-corrected chi connectivity index (χ3v) is 4.18. The predicted molar refractivity (Wildman–Crippen MR) is 107 cm³/mol. The normalized spacial score (nSPS) is 12.5. The van der Waals surface area contributed by atoms with E-state index in [1.807, 2.05) is 19.9 Å². The molecule has 3 N–H and O–H groups in total. The monoisotopic (exact) mass is 363 g/mol. The summed E-state index contributed by atoms with van der Waals surface area (Å²) in [5.41, 5.74) is 3.86. The van der Waals surface area contributed by atoms with Gasteiger partial charge in [-0.2, -0.15) is 0 Å². The van der Waals surface area contributed by atoms with E-state index >= 15 is 0 Å². The maximum absolute atomic E-state index is 9.59. The number of halogens is 1. The van der Waals surface area contributed by atoms with Crippen LogP contribution >= 0.6 is 23.8 Å². The quantitative estimate of drug-likeness (QED) is 0.283. The van der Waals surface area contributed by atoms with Crippen molar-refractivity contribution in [1.29, 1.82) is 0 Å². The Balaban J connectivity index is 2.64. The van der Waals surface area contributed by atoms with Crippen LogP contribution in [-0.4, -0.2) is 21.7 Å². The Labute approximate surface area is 153 Å². The minimum absolute atomic E-state index is 0.0823. The van der Waals surface area contributed by atoms with Gasteiger partial charge in [0.05, 0.1) is 10.0 Å². The van der Waals surface area contributed by atoms with Gasteiger partial charge in [-0.1, -0.05) is 54.2 Å². The molecule has 0 aliphatic heterocycles. The van der Waals surface area contributed by atoms with Gasteiger partial charge in [-0.3, -0.25) is 0 Å². The van der Waals surface area contributed by atoms with Gasteiger partial charge in [0.25, 0.3) is 0 Å². The van der Waals surface area contributed by atoms with Crippen molar-refractivity contribution >= 4 is 34.9 Å². The van der Waals surface area contributed by atoms with Crippen molar-refractivity contribution < 1.29 is 10.2 Å². The summed E-state index contributed by atoms with van der Waals surface area (Å²) in [5.74, 6) is -0.598. The first-order chi connectivity index (χ1) is 11.3. The topological polar surface area (TPSA) is 52.5 Å². The summed E-state index contributed by atoms with van der Waals surface area (Å²) in [6.07, 6.45) is 7.42. The summed E-state index contributed by atoms with van der Waals surface area (Å²) in [4.78, 5) is 0.522. The second kappa shape index (κ2) is 9.30. The summed E-state index contributed by atoms with van der Waals surface area (Å²) in [6, 6.07) is 2.97. The van der Waals surface area contributed by atoms with Gasteiger partial charge in [-0.25, -0.2) is 0 Å². The van der Waals surface area contributed by atoms with Crippen molar-refractivity contribution in [2.45, 2.75) is 20.8 Å². The van der Waals surface area contributed by atoms with E-state index in [9.17, 15) is 10.2 Å². The number of hydrogen-bond donors (Lipinski definition) is 3. The van der Waals surface area contributed by atoms with Crippen molar-refractivity contribution in [3.8, 4) is 11.5 Å². The number of nitrogens with one attached hydrogen (secondary N) is 1. The summed E-state index contributed by atoms with van der Waals surface area (Å²) in [7, 11) is 0. The maximum Gasteiger partial charge on any atom is 0.177 e. The molecule has 0 amide bonds. The van der Waals surface area contributed by atoms with Crippen molar-refractivity contribution in [2.24, 2.45) is 0 Å². The first kappa shape index (κ1) is 20.0. The molecule has 0 heterocycles. The Morgan fingerprint density at radius 1 is 1.29 bits per heavy atom. The SMILES string of the molecule is C=C(/C=C(C)\C(C)=C/C)CNC(=S)/C=C/c1ccc(O)c(O)c1Cl. The Morgan fingerprint density at radius 3 is 2.58 bits per heavy atom. The summed E-state index contributed by atoms with van der Waals surface area (Å²) in [6.45, 7) is 10.6. The molecule has 0 aliphatic rings. The van der Waals surface area contributed by atoms with E-state index in [4.69, 9.17) is 23.8 Å². The Morgan fingerprint density at radius 2 is 1.96 bits per heavy atom. The number of rotatable bonds is 6. The van der Waals surface area contributed by atoms with Gasteiger partial charge >= 0.3 is 0 Å². The number of allylic oxidation sites excluding steroid dienone is 3. The highest BCUT2D eigenvalue weighted by molar-refractivity contribution is 7.80. The van der Waals surface area contributed by atoms with Gasteiger partial charge in [0.2, 0.25) is 0 Å². The van der Waals surface area contributed by atoms with Gasteiger partial charge in [0, 0.05) is 6.54 Å². The van der Waals surface area contributed by atoms with Crippen molar-refractivity contribution in [2.75, 3.05) is 6.54 Å². The fourth-order valence-electron chi connectivity index (χ4n) is 1.82. The lowest BCUT2D eigenvalue weighted by Gasteiger charge is -2.07. The molecule has 24 heavy (non-hydrogen) atoms. The lowest BCUT2D eigenvalue weighted by atomic mass is 10.1. The van der Waals surface area contributed by atoms with Crippen LogP contribution in [0, 0.1) is 0 Å². The fraction of sp³-hybridized carbons (Fsp3) is 0.211. The molecule has 1 aromatic rings. The molecule has 0 unspecified atom stereocenters. The standard InChI is InChI=1S/C19H22ClNO2S/c1-5-13(3)14(4)10-12(2)11-21-17(24)9-7-15-6-8-16(22)19(23)18(15)20/h5-10,22-23H,2,11H2,1,3-4H3,(H,21,24)/b9-7+,13-5-,14-10-. The smallest absolute Gasteiger partial charge is 0.177 e. The molecule has 0 bridgehead atoms. The van der Waals surface area contributed by atoms with Crippen LogP contribution < -0.4 is 5.32 Å². The average molecular weight is 364 g/mol. The molecule has 1 aromatic carbocycles. The van der Waals surface area contributed by atoms with Crippen LogP contribution in [0.15, 0.2) is 53.7 Å². The molecular formula is C19H22ClNO2S. The minimum Gasteiger partial charge on any atom is -0.504 e. The third kappa shape index (κ3) is 5.87. The van der Waals surface area contributed by atoms with Crippen LogP contribution in [0.2, 0.25) is 5.02 Å². The van der Waals surface area contributed by atoms with E-state index < -0.39 is 0 Å². The molecule has 1 rings (SSSR count). The van der Waals surface area contributed by atoms with E-state index in [0.717, 1.165) is 11.1 Å². The Kier molecular flexibility index (Phi) is 7.75. The lowest BCUT2D eigenvalue weighted by molar-refractivity contribution is 0.404. The van der Waals surface area contributed by atoms with Crippen molar-refractivity contribution in [3.63, 3.8) is 0 Å². The Bertz CT molecular complexity index is 733. The number of benzene rings is 1. The highest BCUT2D eigenvalue weighted by atomic mass is 35.5. The molecule has 0 spiro atoms. The van der Waals surface area contributed by atoms with E-state index in [0.29, 0.717) is 17.1 Å². The summed E-state index contributed by atoms with van der Waals surface area (Å²) >= 11 is 11.2. The molecule has 0 saturated carbocycles. The van der Waals surface area contributed by atoms with E-state index in [2.05, 4.69) is 24.9 Å². The summed E-state index contributed by atoms with van der Waals surface area (Å²) < 4.78 is 0. The highest BCUT2D eigenvalue weighted by Gasteiger charge is 2.07. The number of hydrogen-bond acceptors (Lipinski definition) is 3. The third-order valence-electron chi connectivity index (χ3n) is 3.50. The van der Waals surface area contributed by atoms with Crippen LogP contribution in [0.3, 0.4) is 0 Å². The molecule has 5 heteroatoms. The first-order valence-electron chi connectivity index (χ1n) is 7.42. The maximum atomic E-state index is 9.59. The molecule has 0 fully saturated rings. The van der Waals surface area contributed by atoms with E-state index in [-0.39, 0.29) is 16.5 Å². The number of phenolic OH excluding ortho intramolecular Hbond substituents is 2. The van der Waals surface area contributed by atoms with Crippen LogP contribution in [0.5, 0.6) is 11.5 Å². The molecule has 0 saturated heterocycles. The number of phenols is 2. The molecule has 0 atom stereocenters. The molecular weight excluding hydrogens is 342 g/mol. The van der Waals surface area contributed by atoms with E-state index in [1.165, 1.54) is 11.6 Å². The summed E-state index contributed by atoms with van der Waals surface area (Å²) in [5, 5.41) is 22.1. The average Bonchev–Trinajstić information content (AvgIpc) is 2.56. The molecule has 0 aliphatic carbocycles. The number of aromatic hydroxyl groups is 2. The number of thiocarbonyl (C=S) groups is 1. The molecule has 128 valence electrons. The van der Waals surface area contributed by atoms with Gasteiger partial charge in [-0.15, -0.1) is 0 Å². The van der Waals surface area contributed by atoms with Gasteiger partial charge in [0.1, 0.15) is 0 Å². The first-order valence-corrected chi connectivity index (χ1v) is 8.20. The second-order valence-electron chi connectivity index (χ2n) is 5.34. The lowest BCUT2D eigenvalue weighted by Crippen LogP contribution is -2.21. The zero-order valence-electron chi connectivity index (χ0n) is 14.1. The largest absolute Gasteiger partial charge is 0.504 e. The predicted octanol–water partition coefficient (Wildman–Crippen LogP) is 5.15. The van der Waals surface area contributed by atoms with Gasteiger partial charge in [-0.05, 0) is 55.7 Å². The van der Waals surface area contributed by atoms with Gasteiger partial charge in [0.15, 0.2) is 11.5 Å². The second-order valence-corrected chi connectivity index (χ2v) is 6.16. The van der Waals surface area contributed by atoms with Crippen LogP contribution in [-0.2, 0) is 0 Å². The molecule has 0 radical (unpaired) electrons. The fourth-order valence-corrected chi connectivity index (χ4v) is 2.19. The van der Waals surface area contributed by atoms with E-state index in [1.54, 1.807) is 18.2 Å². The minimum atomic E-state index is -0.342.